The van der Waals surface area contributed by atoms with Crippen molar-refractivity contribution in [2.45, 2.75) is 4.90 Å². The first-order chi connectivity index (χ1) is 6.92. The molecule has 1 aromatic carbocycles. The normalized spacial score (nSPS) is 16.9. The van der Waals surface area contributed by atoms with E-state index in [2.05, 4.69) is 0 Å². The lowest BCUT2D eigenvalue weighted by molar-refractivity contribution is -0.130. The molecule has 1 aliphatic rings. The zero-order chi connectivity index (χ0) is 11.2. The number of rotatable bonds is 1. The van der Waals surface area contributed by atoms with Crippen LogP contribution < -0.4 is 5.73 Å². The van der Waals surface area contributed by atoms with Gasteiger partial charge in [-0.2, -0.15) is 0 Å². The van der Waals surface area contributed by atoms with Crippen LogP contribution in [-0.2, 0) is 14.6 Å². The van der Waals surface area contributed by atoms with Crippen molar-refractivity contribution in [1.29, 1.82) is 0 Å². The van der Waals surface area contributed by atoms with Gasteiger partial charge in [0, 0.05) is 11.3 Å². The zero-order valence-corrected chi connectivity index (χ0v) is 8.28. The minimum atomic E-state index is -3.61. The number of carboxylic acids is 1. The molecule has 2 rings (SSSR count). The van der Waals surface area contributed by atoms with Crippen LogP contribution in [0.25, 0.3) is 5.57 Å². The van der Waals surface area contributed by atoms with Gasteiger partial charge in [0.15, 0.2) is 0 Å². The Morgan fingerprint density at radius 3 is 2.60 bits per heavy atom. The van der Waals surface area contributed by atoms with Gasteiger partial charge < -0.3 is 10.8 Å². The van der Waals surface area contributed by atoms with Crippen LogP contribution in [0.3, 0.4) is 0 Å². The summed E-state index contributed by atoms with van der Waals surface area (Å²) >= 11 is 0. The highest BCUT2D eigenvalue weighted by Crippen LogP contribution is 2.34. The van der Waals surface area contributed by atoms with Crippen molar-refractivity contribution < 1.29 is 18.3 Å². The molecule has 0 bridgehead atoms. The molecule has 1 aromatic rings. The number of aliphatic carboxylic acids is 1. The largest absolute Gasteiger partial charge is 0.478 e. The van der Waals surface area contributed by atoms with Crippen LogP contribution in [0, 0.1) is 0 Å². The lowest BCUT2D eigenvalue weighted by Crippen LogP contribution is -1.98. The average molecular weight is 225 g/mol. The Morgan fingerprint density at radius 1 is 1.33 bits per heavy atom. The Bertz CT molecular complexity index is 586. The van der Waals surface area contributed by atoms with Gasteiger partial charge in [0.05, 0.1) is 15.9 Å². The molecule has 15 heavy (non-hydrogen) atoms. The SMILES string of the molecule is Nc1ccc2c(c1)C(C(=O)O)=CS2(=O)=O. The highest BCUT2D eigenvalue weighted by molar-refractivity contribution is 7.95. The van der Waals surface area contributed by atoms with Gasteiger partial charge in [-0.05, 0) is 18.2 Å². The van der Waals surface area contributed by atoms with Gasteiger partial charge in [-0.1, -0.05) is 0 Å². The Labute approximate surface area is 85.8 Å². The number of sulfone groups is 1. The summed E-state index contributed by atoms with van der Waals surface area (Å²) in [5.74, 6) is -1.28. The number of anilines is 1. The van der Waals surface area contributed by atoms with E-state index >= 15 is 0 Å². The molecule has 1 aliphatic heterocycles. The number of hydrogen-bond acceptors (Lipinski definition) is 4. The topological polar surface area (TPSA) is 97.5 Å². The van der Waals surface area contributed by atoms with Crippen molar-refractivity contribution in [3.05, 3.63) is 29.2 Å². The third kappa shape index (κ3) is 1.39. The van der Waals surface area contributed by atoms with Crippen molar-refractivity contribution >= 4 is 27.1 Å². The second-order valence-corrected chi connectivity index (χ2v) is 4.90. The summed E-state index contributed by atoms with van der Waals surface area (Å²) in [6.07, 6.45) is 0. The molecule has 3 N–H and O–H groups in total. The monoisotopic (exact) mass is 225 g/mol. The number of benzene rings is 1. The van der Waals surface area contributed by atoms with Crippen LogP contribution in [-0.4, -0.2) is 19.5 Å². The maximum absolute atomic E-state index is 11.5. The average Bonchev–Trinajstić information content (AvgIpc) is 2.38. The van der Waals surface area contributed by atoms with Crippen LogP contribution in [0.1, 0.15) is 5.56 Å². The van der Waals surface area contributed by atoms with Gasteiger partial charge in [0.25, 0.3) is 0 Å². The summed E-state index contributed by atoms with van der Waals surface area (Å²) in [7, 11) is -3.61. The van der Waals surface area contributed by atoms with Crippen molar-refractivity contribution in [2.24, 2.45) is 0 Å². The van der Waals surface area contributed by atoms with Crippen molar-refractivity contribution in [1.82, 2.24) is 0 Å². The van der Waals surface area contributed by atoms with Gasteiger partial charge in [0.2, 0.25) is 9.84 Å². The van der Waals surface area contributed by atoms with E-state index in [4.69, 9.17) is 10.8 Å². The summed E-state index contributed by atoms with van der Waals surface area (Å²) in [5, 5.41) is 9.56. The summed E-state index contributed by atoms with van der Waals surface area (Å²) < 4.78 is 23.0. The van der Waals surface area contributed by atoms with E-state index in [0.29, 0.717) is 5.69 Å². The van der Waals surface area contributed by atoms with E-state index in [0.717, 1.165) is 5.41 Å². The van der Waals surface area contributed by atoms with Gasteiger partial charge in [0.1, 0.15) is 0 Å². The Hall–Kier alpha value is -1.82. The summed E-state index contributed by atoms with van der Waals surface area (Å²) in [6.45, 7) is 0. The maximum atomic E-state index is 11.5. The number of carboxylic acid groups (broad SMARTS) is 1. The van der Waals surface area contributed by atoms with E-state index < -0.39 is 15.8 Å². The van der Waals surface area contributed by atoms with Gasteiger partial charge in [-0.15, -0.1) is 0 Å². The first-order valence-electron chi connectivity index (χ1n) is 4.02. The minimum absolute atomic E-state index is 0.00546. The molecule has 1 heterocycles. The van der Waals surface area contributed by atoms with Gasteiger partial charge in [-0.3, -0.25) is 0 Å². The number of hydrogen-bond donors (Lipinski definition) is 2. The lowest BCUT2D eigenvalue weighted by Gasteiger charge is -2.01. The first kappa shape index (κ1) is 9.72. The van der Waals surface area contributed by atoms with E-state index in [1.54, 1.807) is 0 Å². The third-order valence-corrected chi connectivity index (χ3v) is 3.62. The number of nitrogen functional groups attached to an aromatic ring is 1. The molecule has 5 nitrogen and oxygen atoms in total. The fourth-order valence-electron chi connectivity index (χ4n) is 1.45. The second kappa shape index (κ2) is 2.83. The molecule has 0 atom stereocenters. The molecule has 0 aromatic heterocycles. The lowest BCUT2D eigenvalue weighted by atomic mass is 10.1. The highest BCUT2D eigenvalue weighted by atomic mass is 32.2. The third-order valence-electron chi connectivity index (χ3n) is 2.10. The first-order valence-corrected chi connectivity index (χ1v) is 5.56. The maximum Gasteiger partial charge on any atom is 0.337 e. The standard InChI is InChI=1S/C9H7NO4S/c10-5-1-2-8-6(3-5)7(9(11)12)4-15(8,13)14/h1-4H,10H2,(H,11,12). The predicted molar refractivity (Wildman–Crippen MR) is 53.7 cm³/mol. The van der Waals surface area contributed by atoms with Crippen LogP contribution in [0.4, 0.5) is 5.69 Å². The van der Waals surface area contributed by atoms with E-state index in [1.807, 2.05) is 0 Å². The Balaban J connectivity index is 2.80. The molecular weight excluding hydrogens is 218 g/mol. The molecule has 78 valence electrons. The molecule has 0 spiro atoms. The Kier molecular flexibility index (Phi) is 1.84. The number of fused-ring (bicyclic) bond motifs is 1. The quantitative estimate of drug-likeness (QED) is 0.677. The van der Waals surface area contributed by atoms with Crippen LogP contribution >= 0.6 is 0 Å². The fourth-order valence-corrected chi connectivity index (χ4v) is 2.85. The fraction of sp³-hybridized carbons (Fsp3) is 0. The summed E-state index contributed by atoms with van der Waals surface area (Å²) in [4.78, 5) is 10.8. The Morgan fingerprint density at radius 2 is 2.00 bits per heavy atom. The molecule has 6 heteroatoms. The van der Waals surface area contributed by atoms with Crippen LogP contribution in [0.5, 0.6) is 0 Å². The molecular formula is C9H7NO4S. The highest BCUT2D eigenvalue weighted by Gasteiger charge is 2.30. The van der Waals surface area contributed by atoms with Crippen LogP contribution in [0.15, 0.2) is 28.5 Å². The van der Waals surface area contributed by atoms with E-state index in [-0.39, 0.29) is 16.0 Å². The predicted octanol–water partition coefficient (Wildman–Crippen LogP) is 0.482. The number of nitrogens with two attached hydrogens (primary N) is 1. The zero-order valence-electron chi connectivity index (χ0n) is 7.47. The minimum Gasteiger partial charge on any atom is -0.478 e. The smallest absolute Gasteiger partial charge is 0.337 e. The molecule has 0 saturated carbocycles. The van der Waals surface area contributed by atoms with Gasteiger partial charge >= 0.3 is 5.97 Å². The van der Waals surface area contributed by atoms with Crippen molar-refractivity contribution in [3.63, 3.8) is 0 Å². The molecule has 0 unspecified atom stereocenters. The summed E-state index contributed by atoms with van der Waals surface area (Å²) in [5.41, 5.74) is 5.71. The molecule has 0 radical (unpaired) electrons. The molecule has 0 fully saturated rings. The van der Waals surface area contributed by atoms with E-state index in [9.17, 15) is 13.2 Å². The summed E-state index contributed by atoms with van der Waals surface area (Å²) in [6, 6.07) is 4.08. The van der Waals surface area contributed by atoms with E-state index in [1.165, 1.54) is 18.2 Å². The van der Waals surface area contributed by atoms with Crippen LogP contribution in [0.2, 0.25) is 0 Å². The van der Waals surface area contributed by atoms with Crippen molar-refractivity contribution in [2.75, 3.05) is 5.73 Å². The van der Waals surface area contributed by atoms with Crippen molar-refractivity contribution in [3.8, 4) is 0 Å². The number of carbonyl (C=O) groups is 1. The van der Waals surface area contributed by atoms with Gasteiger partial charge in [-0.25, -0.2) is 13.2 Å². The molecule has 0 amide bonds. The second-order valence-electron chi connectivity index (χ2n) is 3.14. The molecule has 0 saturated heterocycles. The molecule has 0 aliphatic carbocycles.